The van der Waals surface area contributed by atoms with Gasteiger partial charge in [0.15, 0.2) is 11.5 Å². The Kier molecular flexibility index (Phi) is 6.86. The quantitative estimate of drug-likeness (QED) is 0.284. The van der Waals surface area contributed by atoms with Crippen molar-refractivity contribution in [2.24, 2.45) is 5.41 Å². The van der Waals surface area contributed by atoms with Crippen LogP contribution in [-0.2, 0) is 28.0 Å². The molecule has 38 heavy (non-hydrogen) atoms. The highest BCUT2D eigenvalue weighted by Crippen LogP contribution is 2.45. The summed E-state index contributed by atoms with van der Waals surface area (Å²) in [4.78, 5) is 16.8. The summed E-state index contributed by atoms with van der Waals surface area (Å²) in [5.74, 6) is -0.477. The molecule has 5 rings (SSSR count). The van der Waals surface area contributed by atoms with E-state index in [1.165, 1.54) is 35.6 Å². The second-order valence-corrected chi connectivity index (χ2v) is 12.0. The molecule has 1 amide bonds. The van der Waals surface area contributed by atoms with Gasteiger partial charge in [-0.1, -0.05) is 24.6 Å². The standard InChI is InChI=1S/C26H25F2N3O5S2/c1-16-3-5-20(6-4-16)38(33,34)31-19(12-29-24(32)26(2)7-8-26)9-17-10-23(36-25(27)28)22(11-21(17)31)35-13-18-14-37-15-30-18/h3-6,9-11,14-15,25H,7-8,12-13H2,1-2H3,(H,29,32). The van der Waals surface area contributed by atoms with Crippen LogP contribution in [0.1, 0.15) is 36.7 Å². The lowest BCUT2D eigenvalue weighted by atomic mass is 10.1. The van der Waals surface area contributed by atoms with E-state index in [4.69, 9.17) is 9.47 Å². The molecule has 0 bridgehead atoms. The molecule has 1 aliphatic carbocycles. The van der Waals surface area contributed by atoms with E-state index in [0.29, 0.717) is 11.1 Å². The van der Waals surface area contributed by atoms with Crippen LogP contribution in [0, 0.1) is 12.3 Å². The normalized spacial score (nSPS) is 14.6. The zero-order valence-electron chi connectivity index (χ0n) is 20.6. The molecule has 1 aliphatic rings. The molecule has 1 N–H and O–H groups in total. The minimum atomic E-state index is -4.14. The molecule has 0 unspecified atom stereocenters. The van der Waals surface area contributed by atoms with Crippen LogP contribution in [0.15, 0.2) is 58.3 Å². The minimum absolute atomic E-state index is 0.0263. The van der Waals surface area contributed by atoms with Crippen molar-refractivity contribution < 1.29 is 31.5 Å². The Hall–Kier alpha value is -3.51. The lowest BCUT2D eigenvalue weighted by Gasteiger charge is -2.16. The zero-order valence-corrected chi connectivity index (χ0v) is 22.2. The molecule has 0 atom stereocenters. The predicted octanol–water partition coefficient (Wildman–Crippen LogP) is 5.24. The number of thiazole rings is 1. The van der Waals surface area contributed by atoms with Gasteiger partial charge in [-0.05, 0) is 44.0 Å². The van der Waals surface area contributed by atoms with Gasteiger partial charge in [-0.3, -0.25) is 4.79 Å². The van der Waals surface area contributed by atoms with Crippen LogP contribution < -0.4 is 14.8 Å². The van der Waals surface area contributed by atoms with Crippen LogP contribution in [0.4, 0.5) is 8.78 Å². The number of alkyl halides is 2. The van der Waals surface area contributed by atoms with Gasteiger partial charge in [0.05, 0.1) is 33.9 Å². The second-order valence-electron chi connectivity index (χ2n) is 9.47. The van der Waals surface area contributed by atoms with Crippen molar-refractivity contribution in [3.8, 4) is 11.5 Å². The van der Waals surface area contributed by atoms with Crippen LogP contribution in [0.25, 0.3) is 10.9 Å². The Morgan fingerprint density at radius 3 is 2.55 bits per heavy atom. The number of amides is 1. The monoisotopic (exact) mass is 561 g/mol. The summed E-state index contributed by atoms with van der Waals surface area (Å²) in [5, 5.41) is 4.91. The molecule has 1 fully saturated rings. The fraction of sp³-hybridized carbons (Fsp3) is 0.308. The molecular weight excluding hydrogens is 536 g/mol. The topological polar surface area (TPSA) is 99.5 Å². The molecule has 0 aliphatic heterocycles. The van der Waals surface area contributed by atoms with Crippen molar-refractivity contribution in [2.75, 3.05) is 0 Å². The van der Waals surface area contributed by atoms with Crippen LogP contribution in [-0.4, -0.2) is 29.9 Å². The maximum atomic E-state index is 13.9. The fourth-order valence-corrected chi connectivity index (χ4v) is 6.11. The first-order valence-corrected chi connectivity index (χ1v) is 14.2. The number of rotatable bonds is 10. The number of aryl methyl sites for hydroxylation is 1. The van der Waals surface area contributed by atoms with Crippen molar-refractivity contribution in [2.45, 2.75) is 51.3 Å². The first kappa shape index (κ1) is 26.1. The number of carbonyl (C=O) groups is 1. The van der Waals surface area contributed by atoms with E-state index in [1.807, 2.05) is 13.8 Å². The third kappa shape index (κ3) is 5.23. The number of nitrogens with one attached hydrogen (secondary N) is 1. The van der Waals surface area contributed by atoms with E-state index in [-0.39, 0.29) is 46.7 Å². The SMILES string of the molecule is Cc1ccc(S(=O)(=O)n2c(CNC(=O)C3(C)CC3)cc3cc(OC(F)F)c(OCc4cscn4)cc32)cc1. The first-order valence-electron chi connectivity index (χ1n) is 11.8. The predicted molar refractivity (Wildman–Crippen MR) is 138 cm³/mol. The Balaban J connectivity index is 1.62. The van der Waals surface area contributed by atoms with Gasteiger partial charge in [0, 0.05) is 22.2 Å². The molecule has 200 valence electrons. The van der Waals surface area contributed by atoms with Gasteiger partial charge in [-0.15, -0.1) is 11.3 Å². The molecule has 0 spiro atoms. The van der Waals surface area contributed by atoms with Crippen LogP contribution >= 0.6 is 11.3 Å². The molecule has 0 saturated heterocycles. The van der Waals surface area contributed by atoms with Crippen LogP contribution in [0.5, 0.6) is 11.5 Å². The van der Waals surface area contributed by atoms with Crippen LogP contribution in [0.3, 0.4) is 0 Å². The summed E-state index contributed by atoms with van der Waals surface area (Å²) < 4.78 is 65.8. The third-order valence-electron chi connectivity index (χ3n) is 6.51. The number of hydrogen-bond donors (Lipinski definition) is 1. The minimum Gasteiger partial charge on any atom is -0.483 e. The smallest absolute Gasteiger partial charge is 0.387 e. The van der Waals surface area contributed by atoms with Gasteiger partial charge in [-0.2, -0.15) is 8.78 Å². The van der Waals surface area contributed by atoms with Crippen molar-refractivity contribution in [1.29, 1.82) is 0 Å². The molecule has 1 saturated carbocycles. The molecule has 2 aromatic carbocycles. The van der Waals surface area contributed by atoms with Crippen molar-refractivity contribution >= 4 is 38.2 Å². The van der Waals surface area contributed by atoms with E-state index in [0.717, 1.165) is 22.4 Å². The summed E-state index contributed by atoms with van der Waals surface area (Å²) in [6.07, 6.45) is 1.52. The summed E-state index contributed by atoms with van der Waals surface area (Å²) in [7, 11) is -4.14. The van der Waals surface area contributed by atoms with E-state index in [9.17, 15) is 22.0 Å². The molecule has 8 nitrogen and oxygen atoms in total. The van der Waals surface area contributed by atoms with Gasteiger partial charge in [0.25, 0.3) is 10.0 Å². The summed E-state index contributed by atoms with van der Waals surface area (Å²) in [6.45, 7) is 0.471. The molecule has 4 aromatic rings. The number of fused-ring (bicyclic) bond motifs is 1. The number of ether oxygens (including phenoxy) is 2. The Labute approximate surface area is 222 Å². The van der Waals surface area contributed by atoms with Crippen molar-refractivity contribution in [3.05, 3.63) is 70.3 Å². The largest absolute Gasteiger partial charge is 0.483 e. The van der Waals surface area contributed by atoms with Gasteiger partial charge in [0.2, 0.25) is 5.91 Å². The lowest BCUT2D eigenvalue weighted by Crippen LogP contribution is -2.31. The number of hydrogen-bond acceptors (Lipinski definition) is 7. The van der Waals surface area contributed by atoms with Crippen LogP contribution in [0.2, 0.25) is 0 Å². The maximum Gasteiger partial charge on any atom is 0.387 e. The van der Waals surface area contributed by atoms with Gasteiger partial charge >= 0.3 is 6.61 Å². The Morgan fingerprint density at radius 1 is 1.18 bits per heavy atom. The number of carbonyl (C=O) groups excluding carboxylic acids is 1. The highest BCUT2D eigenvalue weighted by Gasteiger charge is 2.44. The lowest BCUT2D eigenvalue weighted by molar-refractivity contribution is -0.125. The van der Waals surface area contributed by atoms with E-state index < -0.39 is 22.0 Å². The van der Waals surface area contributed by atoms with Gasteiger partial charge < -0.3 is 14.8 Å². The number of halogens is 2. The Morgan fingerprint density at radius 2 is 1.92 bits per heavy atom. The van der Waals surface area contributed by atoms with Crippen molar-refractivity contribution in [3.63, 3.8) is 0 Å². The summed E-state index contributed by atoms with van der Waals surface area (Å²) in [5.41, 5.74) is 3.08. The first-order chi connectivity index (χ1) is 18.1. The summed E-state index contributed by atoms with van der Waals surface area (Å²) >= 11 is 1.35. The van der Waals surface area contributed by atoms with Crippen molar-refractivity contribution in [1.82, 2.24) is 14.3 Å². The Bertz CT molecular complexity index is 1580. The second kappa shape index (κ2) is 9.99. The third-order valence-corrected chi connectivity index (χ3v) is 8.92. The number of aromatic nitrogens is 2. The maximum absolute atomic E-state index is 13.9. The number of nitrogens with zero attached hydrogens (tertiary/aromatic N) is 2. The molecule has 2 aromatic heterocycles. The zero-order chi connectivity index (χ0) is 27.1. The average Bonchev–Trinajstić information content (AvgIpc) is 3.26. The fourth-order valence-electron chi connectivity index (χ4n) is 4.03. The number of benzene rings is 2. The van der Waals surface area contributed by atoms with Gasteiger partial charge in [0.1, 0.15) is 6.61 Å². The van der Waals surface area contributed by atoms with E-state index >= 15 is 0 Å². The molecule has 0 radical (unpaired) electrons. The molecule has 2 heterocycles. The van der Waals surface area contributed by atoms with Gasteiger partial charge in [-0.25, -0.2) is 17.4 Å². The summed E-state index contributed by atoms with van der Waals surface area (Å²) in [6, 6.07) is 10.6. The van der Waals surface area contributed by atoms with E-state index in [1.54, 1.807) is 29.1 Å². The molecular formula is C26H25F2N3O5S2. The van der Waals surface area contributed by atoms with E-state index in [2.05, 4.69) is 10.3 Å². The highest BCUT2D eigenvalue weighted by atomic mass is 32.2. The molecule has 12 heteroatoms. The highest BCUT2D eigenvalue weighted by molar-refractivity contribution is 7.90. The average molecular weight is 562 g/mol.